The van der Waals surface area contributed by atoms with Gasteiger partial charge in [-0.25, -0.2) is 4.98 Å². The Morgan fingerprint density at radius 1 is 1.11 bits per heavy atom. The number of carbonyl (C=O) groups is 1. The smallest absolute Gasteiger partial charge is 0.222 e. The number of hydrogen-bond donors (Lipinski definition) is 0. The summed E-state index contributed by atoms with van der Waals surface area (Å²) in [5.74, 6) is 0.972. The average molecular weight is 382 g/mol. The van der Waals surface area contributed by atoms with E-state index in [1.807, 2.05) is 48.8 Å². The lowest BCUT2D eigenvalue weighted by Gasteiger charge is -2.16. The molecular weight excluding hydrogens is 358 g/mol. The van der Waals surface area contributed by atoms with Crippen LogP contribution in [0.3, 0.4) is 0 Å². The fraction of sp³-hybridized carbons (Fsp3) is 0.286. The zero-order chi connectivity index (χ0) is 19.1. The van der Waals surface area contributed by atoms with Crippen molar-refractivity contribution < 1.29 is 9.53 Å². The standard InChI is InChI=1S/C21H23N3O2S/c1-24(14-11-16-9-12-22-13-10-16)21(25)8-7-20-23-19(15-27-20)17-3-5-18(26-2)6-4-17/h3-6,9-10,12-13,15H,7-8,11,14H2,1-2H3. The Morgan fingerprint density at radius 3 is 2.56 bits per heavy atom. The maximum absolute atomic E-state index is 12.4. The van der Waals surface area contributed by atoms with Gasteiger partial charge in [-0.3, -0.25) is 9.78 Å². The highest BCUT2D eigenvalue weighted by molar-refractivity contribution is 7.09. The number of hydrogen-bond acceptors (Lipinski definition) is 5. The van der Waals surface area contributed by atoms with Crippen molar-refractivity contribution in [2.75, 3.05) is 20.7 Å². The van der Waals surface area contributed by atoms with Crippen molar-refractivity contribution >= 4 is 17.2 Å². The molecule has 2 heterocycles. The number of carbonyl (C=O) groups excluding carboxylic acids is 1. The molecule has 0 fully saturated rings. The van der Waals surface area contributed by atoms with Gasteiger partial charge in [0.15, 0.2) is 0 Å². The van der Waals surface area contributed by atoms with E-state index < -0.39 is 0 Å². The first-order chi connectivity index (χ1) is 13.2. The van der Waals surface area contributed by atoms with Crippen LogP contribution in [0, 0.1) is 0 Å². The largest absolute Gasteiger partial charge is 0.497 e. The Balaban J connectivity index is 1.49. The topological polar surface area (TPSA) is 55.3 Å². The van der Waals surface area contributed by atoms with Crippen molar-refractivity contribution in [3.8, 4) is 17.0 Å². The van der Waals surface area contributed by atoms with Gasteiger partial charge >= 0.3 is 0 Å². The van der Waals surface area contributed by atoms with Crippen LogP contribution in [-0.2, 0) is 17.6 Å². The number of methoxy groups -OCH3 is 1. The summed E-state index contributed by atoms with van der Waals surface area (Å²) < 4.78 is 5.18. The van der Waals surface area contributed by atoms with Crippen molar-refractivity contribution in [1.82, 2.24) is 14.9 Å². The Morgan fingerprint density at radius 2 is 1.85 bits per heavy atom. The lowest BCUT2D eigenvalue weighted by molar-refractivity contribution is -0.129. The van der Waals surface area contributed by atoms with Crippen LogP contribution in [0.1, 0.15) is 17.0 Å². The second-order valence-electron chi connectivity index (χ2n) is 6.28. The molecule has 0 radical (unpaired) electrons. The number of ether oxygens (including phenoxy) is 1. The van der Waals surface area contributed by atoms with Gasteiger partial charge in [-0.15, -0.1) is 11.3 Å². The predicted molar refractivity (Wildman–Crippen MR) is 108 cm³/mol. The Kier molecular flexibility index (Phi) is 6.54. The lowest BCUT2D eigenvalue weighted by atomic mass is 10.1. The first-order valence-electron chi connectivity index (χ1n) is 8.87. The molecule has 140 valence electrons. The summed E-state index contributed by atoms with van der Waals surface area (Å²) in [5.41, 5.74) is 3.18. The predicted octanol–water partition coefficient (Wildman–Crippen LogP) is 3.85. The Hall–Kier alpha value is -2.73. The molecule has 0 aliphatic heterocycles. The second kappa shape index (κ2) is 9.28. The van der Waals surface area contributed by atoms with Crippen LogP contribution in [0.25, 0.3) is 11.3 Å². The van der Waals surface area contributed by atoms with E-state index in [1.54, 1.807) is 35.7 Å². The molecular formula is C21H23N3O2S. The van der Waals surface area contributed by atoms with Gasteiger partial charge in [-0.05, 0) is 48.4 Å². The van der Waals surface area contributed by atoms with Crippen LogP contribution < -0.4 is 4.74 Å². The molecule has 0 saturated carbocycles. The monoisotopic (exact) mass is 381 g/mol. The molecule has 1 amide bonds. The zero-order valence-corrected chi connectivity index (χ0v) is 16.4. The minimum absolute atomic E-state index is 0.144. The van der Waals surface area contributed by atoms with Crippen LogP contribution in [0.5, 0.6) is 5.75 Å². The Bertz CT molecular complexity index is 863. The normalized spacial score (nSPS) is 10.6. The first-order valence-corrected chi connectivity index (χ1v) is 9.75. The van der Waals surface area contributed by atoms with Gasteiger partial charge in [0.25, 0.3) is 0 Å². The number of pyridine rings is 1. The van der Waals surface area contributed by atoms with Crippen molar-refractivity contribution in [1.29, 1.82) is 0 Å². The minimum Gasteiger partial charge on any atom is -0.497 e. The molecule has 3 aromatic rings. The molecule has 0 aliphatic rings. The van der Waals surface area contributed by atoms with Gasteiger partial charge in [0.05, 0.1) is 17.8 Å². The van der Waals surface area contributed by atoms with Crippen LogP contribution >= 0.6 is 11.3 Å². The highest BCUT2D eigenvalue weighted by Gasteiger charge is 2.11. The summed E-state index contributed by atoms with van der Waals surface area (Å²) in [6.07, 6.45) is 5.53. The van der Waals surface area contributed by atoms with Crippen LogP contribution in [0.15, 0.2) is 54.2 Å². The van der Waals surface area contributed by atoms with E-state index in [2.05, 4.69) is 9.97 Å². The molecule has 27 heavy (non-hydrogen) atoms. The molecule has 0 spiro atoms. The summed E-state index contributed by atoms with van der Waals surface area (Å²) in [4.78, 5) is 22.8. The SMILES string of the molecule is COc1ccc(-c2csc(CCC(=O)N(C)CCc3ccncc3)n2)cc1. The van der Waals surface area contributed by atoms with Crippen LogP contribution in [-0.4, -0.2) is 41.5 Å². The number of nitrogens with zero attached hydrogens (tertiary/aromatic N) is 3. The van der Waals surface area contributed by atoms with Crippen LogP contribution in [0.2, 0.25) is 0 Å². The molecule has 5 nitrogen and oxygen atoms in total. The van der Waals surface area contributed by atoms with Gasteiger partial charge < -0.3 is 9.64 Å². The minimum atomic E-state index is 0.144. The van der Waals surface area contributed by atoms with E-state index in [-0.39, 0.29) is 5.91 Å². The Labute approximate surface area is 163 Å². The van der Waals surface area contributed by atoms with Gasteiger partial charge in [0.2, 0.25) is 5.91 Å². The molecule has 3 rings (SSSR count). The quantitative estimate of drug-likeness (QED) is 0.595. The number of likely N-dealkylation sites (N-methyl/N-ethyl adjacent to an activating group) is 1. The zero-order valence-electron chi connectivity index (χ0n) is 15.6. The molecule has 6 heteroatoms. The van der Waals surface area contributed by atoms with E-state index in [9.17, 15) is 4.79 Å². The number of thiazole rings is 1. The molecule has 0 bridgehead atoms. The molecule has 0 atom stereocenters. The van der Waals surface area contributed by atoms with Gasteiger partial charge in [-0.1, -0.05) is 0 Å². The maximum atomic E-state index is 12.4. The van der Waals surface area contributed by atoms with Gasteiger partial charge in [-0.2, -0.15) is 0 Å². The first kappa shape index (κ1) is 19.0. The van der Waals surface area contributed by atoms with Gasteiger partial charge in [0.1, 0.15) is 5.75 Å². The summed E-state index contributed by atoms with van der Waals surface area (Å²) in [7, 11) is 3.51. The van der Waals surface area contributed by atoms with E-state index in [1.165, 1.54) is 5.56 Å². The summed E-state index contributed by atoms with van der Waals surface area (Å²) in [5, 5.41) is 3.02. The molecule has 0 unspecified atom stereocenters. The fourth-order valence-electron chi connectivity index (χ4n) is 2.70. The van der Waals surface area contributed by atoms with Gasteiger partial charge in [0, 0.05) is 49.8 Å². The molecule has 0 saturated heterocycles. The van der Waals surface area contributed by atoms with Crippen molar-refractivity contribution in [2.24, 2.45) is 0 Å². The average Bonchev–Trinajstić information content (AvgIpc) is 3.20. The van der Waals surface area contributed by atoms with Crippen molar-refractivity contribution in [3.05, 3.63) is 64.7 Å². The number of benzene rings is 1. The molecule has 0 aliphatic carbocycles. The second-order valence-corrected chi connectivity index (χ2v) is 7.22. The number of aryl methyl sites for hydroxylation is 1. The third-order valence-electron chi connectivity index (χ3n) is 4.40. The molecule has 2 aromatic heterocycles. The number of amides is 1. The summed E-state index contributed by atoms with van der Waals surface area (Å²) in [6.45, 7) is 0.706. The van der Waals surface area contributed by atoms with E-state index in [4.69, 9.17) is 4.74 Å². The molecule has 1 aromatic carbocycles. The van der Waals surface area contributed by atoms with E-state index in [0.29, 0.717) is 19.4 Å². The lowest BCUT2D eigenvalue weighted by Crippen LogP contribution is -2.29. The van der Waals surface area contributed by atoms with E-state index >= 15 is 0 Å². The fourth-order valence-corrected chi connectivity index (χ4v) is 3.50. The summed E-state index contributed by atoms with van der Waals surface area (Å²) in [6, 6.07) is 11.8. The summed E-state index contributed by atoms with van der Waals surface area (Å²) >= 11 is 1.60. The van der Waals surface area contributed by atoms with Crippen LogP contribution in [0.4, 0.5) is 0 Å². The third kappa shape index (κ3) is 5.37. The van der Waals surface area contributed by atoms with Crippen molar-refractivity contribution in [3.63, 3.8) is 0 Å². The number of aromatic nitrogens is 2. The highest BCUT2D eigenvalue weighted by Crippen LogP contribution is 2.24. The van der Waals surface area contributed by atoms with E-state index in [0.717, 1.165) is 28.4 Å². The van der Waals surface area contributed by atoms with Crippen molar-refractivity contribution in [2.45, 2.75) is 19.3 Å². The third-order valence-corrected chi connectivity index (χ3v) is 5.31. The number of rotatable bonds is 8. The highest BCUT2D eigenvalue weighted by atomic mass is 32.1. The molecule has 0 N–H and O–H groups in total. The maximum Gasteiger partial charge on any atom is 0.222 e.